The summed E-state index contributed by atoms with van der Waals surface area (Å²) < 4.78 is 32.4. The Morgan fingerprint density at radius 1 is 0.981 bits per heavy atom. The van der Waals surface area contributed by atoms with Crippen LogP contribution in [0, 0.1) is 11.8 Å². The molecule has 282 valence electrons. The van der Waals surface area contributed by atoms with Gasteiger partial charge < -0.3 is 20.6 Å². The number of aliphatic hydroxyl groups is 1. The van der Waals surface area contributed by atoms with Crippen molar-refractivity contribution in [2.24, 2.45) is 17.6 Å². The van der Waals surface area contributed by atoms with Crippen LogP contribution in [-0.4, -0.2) is 76.4 Å². The van der Waals surface area contributed by atoms with E-state index in [1.807, 2.05) is 4.72 Å². The summed E-state index contributed by atoms with van der Waals surface area (Å²) in [4.78, 5) is 61.9. The molecular formula is C37H44ClN6O8S+. The summed E-state index contributed by atoms with van der Waals surface area (Å²) in [7, 11) is -4.23. The highest BCUT2D eigenvalue weighted by atomic mass is 35.5. The van der Waals surface area contributed by atoms with E-state index in [0.29, 0.717) is 29.0 Å². The van der Waals surface area contributed by atoms with Crippen LogP contribution in [0.1, 0.15) is 69.8 Å². The van der Waals surface area contributed by atoms with Crippen molar-refractivity contribution in [2.45, 2.75) is 76.6 Å². The second kappa shape index (κ2) is 15.7. The predicted octanol–water partition coefficient (Wildman–Crippen LogP) is 5.82. The summed E-state index contributed by atoms with van der Waals surface area (Å²) >= 11 is 5.84. The Kier molecular flexibility index (Phi) is 11.7. The van der Waals surface area contributed by atoms with Gasteiger partial charge in [-0.2, -0.15) is 4.48 Å². The number of carbonyl (C=O) groups is 4. The maximum atomic E-state index is 15.1. The first-order chi connectivity index (χ1) is 25.0. The number of hydrogen-bond acceptors (Lipinski definition) is 10. The predicted molar refractivity (Wildman–Crippen MR) is 198 cm³/mol. The monoisotopic (exact) mass is 767 g/mol. The first-order valence-electron chi connectivity index (χ1n) is 17.3. The van der Waals surface area contributed by atoms with Crippen LogP contribution in [0.4, 0.5) is 15.3 Å². The van der Waals surface area contributed by atoms with Crippen molar-refractivity contribution < 1.29 is 41.6 Å². The van der Waals surface area contributed by atoms with Crippen LogP contribution in [0.2, 0.25) is 5.02 Å². The van der Waals surface area contributed by atoms with Crippen LogP contribution < -0.4 is 15.8 Å². The minimum Gasteiger partial charge on any atom is -0.438 e. The standard InChI is InChI=1S/C37H43ClN6O8S/c1-21(2)30(39)35(47)44(20-8-9-23(44)5)37(49)43(31(22(3)4)32(45)33-41-28-10-6-7-11-29(28)52-33)34(46)24-12-16-26(17-13-24)40-36(48)42-53(50,51)27-18-14-25(38)15-19-27/h6-7,10-19,21-23,30-32,45H,8-9,20,39H2,1-5H3,(H-,40,42,46,48)/p+1/t23?,30?,31?,32?,44-/m0/s1. The largest absolute Gasteiger partial charge is 0.438 e. The molecule has 5 atom stereocenters. The maximum absolute atomic E-state index is 15.1. The SMILES string of the molecule is CC(C)C(N)C(=O)[N@+]1(C(=O)N(C(=O)c2ccc(NC(=O)NS(=O)(=O)c3ccc(Cl)cc3)cc2)C(C(C)C)C(O)c2nc3ccccc3o2)CCCC1C. The number of nitrogens with two attached hydrogens (primary N) is 1. The molecule has 4 unspecified atom stereocenters. The van der Waals surface area contributed by atoms with E-state index >= 15 is 4.79 Å². The van der Waals surface area contributed by atoms with E-state index in [0.717, 1.165) is 4.90 Å². The first-order valence-corrected chi connectivity index (χ1v) is 19.1. The zero-order valence-corrected chi connectivity index (χ0v) is 31.6. The van der Waals surface area contributed by atoms with Gasteiger partial charge in [-0.3, -0.25) is 4.79 Å². The number of halogens is 1. The normalized spacial score (nSPS) is 19.2. The summed E-state index contributed by atoms with van der Waals surface area (Å²) in [5, 5.41) is 14.6. The number of carbonyl (C=O) groups excluding carboxylic acids is 4. The first kappa shape index (κ1) is 39.5. The number of urea groups is 2. The van der Waals surface area contributed by atoms with Crippen LogP contribution in [-0.2, 0) is 14.8 Å². The third-order valence-electron chi connectivity index (χ3n) is 9.66. The number of aromatic nitrogens is 1. The Labute approximate surface area is 312 Å². The molecule has 5 rings (SSSR count). The maximum Gasteiger partial charge on any atom is 0.434 e. The quantitative estimate of drug-likeness (QED) is 0.142. The molecule has 0 bridgehead atoms. The molecule has 0 spiro atoms. The molecule has 4 aromatic rings. The minimum absolute atomic E-state index is 0.0147. The number of rotatable bonds is 10. The average Bonchev–Trinajstić information content (AvgIpc) is 3.73. The number of nitrogens with zero attached hydrogens (tertiary/aromatic N) is 3. The van der Waals surface area contributed by atoms with Crippen molar-refractivity contribution in [3.05, 3.63) is 89.3 Å². The number of aliphatic hydroxyl groups excluding tert-OH is 1. The van der Waals surface area contributed by atoms with Gasteiger partial charge in [-0.1, -0.05) is 51.4 Å². The van der Waals surface area contributed by atoms with E-state index in [1.54, 1.807) is 58.9 Å². The van der Waals surface area contributed by atoms with Crippen molar-refractivity contribution in [2.75, 3.05) is 11.9 Å². The number of para-hydroxylation sites is 2. The highest BCUT2D eigenvalue weighted by Gasteiger charge is 2.59. The van der Waals surface area contributed by atoms with Gasteiger partial charge in [0.1, 0.15) is 17.6 Å². The number of fused-ring (bicyclic) bond motifs is 1. The molecule has 0 radical (unpaired) electrons. The summed E-state index contributed by atoms with van der Waals surface area (Å²) in [6.07, 6.45) is -0.531. The Morgan fingerprint density at radius 2 is 1.62 bits per heavy atom. The Morgan fingerprint density at radius 3 is 2.19 bits per heavy atom. The molecular weight excluding hydrogens is 724 g/mol. The zero-order valence-electron chi connectivity index (χ0n) is 30.0. The van der Waals surface area contributed by atoms with Crippen LogP contribution in [0.3, 0.4) is 0 Å². The number of hydrogen-bond donors (Lipinski definition) is 4. The molecule has 53 heavy (non-hydrogen) atoms. The van der Waals surface area contributed by atoms with Crippen molar-refractivity contribution in [1.82, 2.24) is 14.6 Å². The number of sulfonamides is 1. The number of oxazole rings is 1. The molecule has 1 aliphatic rings. The molecule has 6 amide bonds. The van der Waals surface area contributed by atoms with Gasteiger partial charge in [0.15, 0.2) is 11.7 Å². The highest BCUT2D eigenvalue weighted by Crippen LogP contribution is 2.37. The van der Waals surface area contributed by atoms with Crippen LogP contribution >= 0.6 is 11.6 Å². The summed E-state index contributed by atoms with van der Waals surface area (Å²) in [5.74, 6) is -2.32. The van der Waals surface area contributed by atoms with Gasteiger partial charge in [-0.25, -0.2) is 37.4 Å². The number of anilines is 1. The molecule has 16 heteroatoms. The number of nitrogens with one attached hydrogen (secondary N) is 2. The molecule has 3 aromatic carbocycles. The zero-order chi connectivity index (χ0) is 38.8. The lowest BCUT2D eigenvalue weighted by Crippen LogP contribution is -2.70. The van der Waals surface area contributed by atoms with E-state index in [-0.39, 0.29) is 34.5 Å². The fourth-order valence-electron chi connectivity index (χ4n) is 6.63. The van der Waals surface area contributed by atoms with Gasteiger partial charge in [-0.15, -0.1) is 0 Å². The molecule has 1 fully saturated rings. The van der Waals surface area contributed by atoms with E-state index in [9.17, 15) is 27.9 Å². The molecule has 1 aromatic heterocycles. The highest BCUT2D eigenvalue weighted by molar-refractivity contribution is 7.90. The Balaban J connectivity index is 1.51. The molecule has 1 saturated heterocycles. The molecule has 5 N–H and O–H groups in total. The van der Waals surface area contributed by atoms with Crippen molar-refractivity contribution in [1.29, 1.82) is 0 Å². The van der Waals surface area contributed by atoms with Crippen molar-refractivity contribution in [3.8, 4) is 0 Å². The van der Waals surface area contributed by atoms with Crippen LogP contribution in [0.25, 0.3) is 11.1 Å². The van der Waals surface area contributed by atoms with E-state index in [4.69, 9.17) is 21.8 Å². The number of imide groups is 2. The van der Waals surface area contributed by atoms with Crippen LogP contribution in [0.5, 0.6) is 0 Å². The smallest absolute Gasteiger partial charge is 0.434 e. The fraction of sp³-hybridized carbons (Fsp3) is 0.378. The lowest BCUT2D eigenvalue weighted by Gasteiger charge is -2.42. The average molecular weight is 768 g/mol. The van der Waals surface area contributed by atoms with E-state index in [1.165, 1.54) is 48.5 Å². The topological polar surface area (TPSA) is 202 Å². The number of benzene rings is 3. The number of quaternary nitrogens is 1. The lowest BCUT2D eigenvalue weighted by atomic mass is 9.95. The van der Waals surface area contributed by atoms with Crippen molar-refractivity contribution >= 4 is 62.3 Å². The Bertz CT molecular complexity index is 2070. The minimum atomic E-state index is -4.23. The second-order valence-corrected chi connectivity index (χ2v) is 16.1. The summed E-state index contributed by atoms with van der Waals surface area (Å²) in [6, 6.07) is 12.8. The van der Waals surface area contributed by atoms with Crippen LogP contribution in [0.15, 0.2) is 82.1 Å². The lowest BCUT2D eigenvalue weighted by molar-refractivity contribution is -0.789. The van der Waals surface area contributed by atoms with Gasteiger partial charge in [0.05, 0.1) is 17.5 Å². The van der Waals surface area contributed by atoms with Gasteiger partial charge in [0.2, 0.25) is 5.89 Å². The summed E-state index contributed by atoms with van der Waals surface area (Å²) in [6.45, 7) is 8.91. The van der Waals surface area contributed by atoms with Gasteiger partial charge >= 0.3 is 18.0 Å². The molecule has 14 nitrogen and oxygen atoms in total. The molecule has 0 saturated carbocycles. The third-order valence-corrected chi connectivity index (χ3v) is 11.3. The van der Waals surface area contributed by atoms with Gasteiger partial charge in [0.25, 0.3) is 15.9 Å². The second-order valence-electron chi connectivity index (χ2n) is 13.9. The molecule has 1 aliphatic heterocycles. The number of amides is 6. The van der Waals surface area contributed by atoms with Gasteiger partial charge in [-0.05, 0) is 79.4 Å². The fourth-order valence-corrected chi connectivity index (χ4v) is 7.66. The number of likely N-dealkylation sites (tertiary alicyclic amines) is 1. The molecule has 0 aliphatic carbocycles. The van der Waals surface area contributed by atoms with E-state index in [2.05, 4.69) is 10.3 Å². The third kappa shape index (κ3) is 7.99. The summed E-state index contributed by atoms with van der Waals surface area (Å²) in [5.41, 5.74) is 7.38. The molecule has 2 heterocycles. The Hall–Kier alpha value is -4.67. The van der Waals surface area contributed by atoms with E-state index < -0.39 is 68.5 Å². The van der Waals surface area contributed by atoms with Crippen molar-refractivity contribution in [3.63, 3.8) is 0 Å². The van der Waals surface area contributed by atoms with Gasteiger partial charge in [0, 0.05) is 29.1 Å².